The van der Waals surface area contributed by atoms with Crippen molar-refractivity contribution in [3.8, 4) is 0 Å². The Hall–Kier alpha value is -0.760. The van der Waals surface area contributed by atoms with Crippen molar-refractivity contribution in [3.63, 3.8) is 0 Å². The summed E-state index contributed by atoms with van der Waals surface area (Å²) in [6.45, 7) is 5.92. The van der Waals surface area contributed by atoms with Crippen molar-refractivity contribution in [2.75, 3.05) is 26.7 Å². The number of likely N-dealkylation sites (N-methyl/N-ethyl adjacent to an activating group) is 1. The summed E-state index contributed by atoms with van der Waals surface area (Å²) in [5.41, 5.74) is 1.54. The molecule has 0 bridgehead atoms. The highest BCUT2D eigenvalue weighted by molar-refractivity contribution is 5.18. The second-order valence-corrected chi connectivity index (χ2v) is 4.43. The first kappa shape index (κ1) is 12.3. The van der Waals surface area contributed by atoms with Crippen LogP contribution in [-0.2, 0) is 0 Å². The summed E-state index contributed by atoms with van der Waals surface area (Å²) in [6, 6.07) is 0.673. The lowest BCUT2D eigenvalue weighted by molar-refractivity contribution is 0.128. The number of hydrogen-bond donors (Lipinski definition) is 0. The van der Waals surface area contributed by atoms with E-state index in [2.05, 4.69) is 42.0 Å². The molecule has 2 heteroatoms. The lowest BCUT2D eigenvalue weighted by atomic mass is 10.1. The highest BCUT2D eigenvalue weighted by Crippen LogP contribution is 2.21. The van der Waals surface area contributed by atoms with Gasteiger partial charge in [0.1, 0.15) is 0 Å². The highest BCUT2D eigenvalue weighted by Gasteiger charge is 2.22. The minimum absolute atomic E-state index is 0. The Kier molecular flexibility index (Phi) is 4.40. The van der Waals surface area contributed by atoms with E-state index in [4.69, 9.17) is 0 Å². The van der Waals surface area contributed by atoms with Crippen LogP contribution in [0.1, 0.15) is 27.2 Å². The van der Waals surface area contributed by atoms with E-state index in [0.29, 0.717) is 6.04 Å². The summed E-state index contributed by atoms with van der Waals surface area (Å²) >= 11 is 0. The van der Waals surface area contributed by atoms with Gasteiger partial charge in [-0.05, 0) is 32.9 Å². The Bertz CT molecular complexity index is 255. The van der Waals surface area contributed by atoms with Crippen molar-refractivity contribution in [1.29, 1.82) is 0 Å². The van der Waals surface area contributed by atoms with Gasteiger partial charge in [0.25, 0.3) is 0 Å². The summed E-state index contributed by atoms with van der Waals surface area (Å²) in [5, 5.41) is 0. The van der Waals surface area contributed by atoms with Gasteiger partial charge in [-0.25, -0.2) is 0 Å². The van der Waals surface area contributed by atoms with Gasteiger partial charge in [0.15, 0.2) is 0 Å². The quantitative estimate of drug-likeness (QED) is 0.653. The van der Waals surface area contributed by atoms with E-state index in [1.165, 1.54) is 38.2 Å². The number of nitrogens with zero attached hydrogens (tertiary/aromatic N) is 2. The molecule has 0 aromatic heterocycles. The summed E-state index contributed by atoms with van der Waals surface area (Å²) in [6.07, 6.45) is 9.18. The van der Waals surface area contributed by atoms with Crippen LogP contribution in [0.4, 0.5) is 0 Å². The lowest BCUT2D eigenvalue weighted by Crippen LogP contribution is -2.49. The van der Waals surface area contributed by atoms with E-state index in [1.54, 1.807) is 0 Å². The Balaban J connectivity index is 0.00000112. The van der Waals surface area contributed by atoms with E-state index in [0.717, 1.165) is 0 Å². The largest absolute Gasteiger partial charge is 0.370 e. The third-order valence-corrected chi connectivity index (χ3v) is 3.19. The molecule has 15 heavy (non-hydrogen) atoms. The van der Waals surface area contributed by atoms with Gasteiger partial charge in [0.05, 0.1) is 0 Å². The van der Waals surface area contributed by atoms with Gasteiger partial charge in [0, 0.05) is 31.4 Å². The fourth-order valence-corrected chi connectivity index (χ4v) is 2.40. The zero-order chi connectivity index (χ0) is 9.97. The molecule has 2 nitrogen and oxygen atoms in total. The molecule has 1 unspecified atom stereocenters. The fraction of sp³-hybridized carbons (Fsp3) is 0.692. The molecule has 86 valence electrons. The smallest absolute Gasteiger partial charge is 0.0386 e. The predicted octanol–water partition coefficient (Wildman–Crippen LogP) is 2.49. The molecule has 0 radical (unpaired) electrons. The molecule has 0 aromatic carbocycles. The fourth-order valence-electron chi connectivity index (χ4n) is 2.40. The standard InChI is InChI=1S/C12H20N2.CH4/c1-11-10-13(2)8-9-14(11)12-6-4-3-5-7-12;/h3-4,6,11H,5,7-10H2,1-2H3;1H4. The SMILES string of the molecule is C.CC1CN(C)CCN1C1=CC=CCC1. The summed E-state index contributed by atoms with van der Waals surface area (Å²) in [7, 11) is 2.21. The second-order valence-electron chi connectivity index (χ2n) is 4.43. The highest BCUT2D eigenvalue weighted by atomic mass is 15.3. The van der Waals surface area contributed by atoms with Gasteiger partial charge in [0.2, 0.25) is 0 Å². The molecule has 2 rings (SSSR count). The molecule has 1 saturated heterocycles. The van der Waals surface area contributed by atoms with Crippen molar-refractivity contribution < 1.29 is 0 Å². The van der Waals surface area contributed by atoms with Crippen LogP contribution >= 0.6 is 0 Å². The van der Waals surface area contributed by atoms with Gasteiger partial charge in [-0.15, -0.1) is 0 Å². The zero-order valence-corrected chi connectivity index (χ0v) is 9.24. The summed E-state index contributed by atoms with van der Waals surface area (Å²) in [4.78, 5) is 4.99. The molecule has 0 aromatic rings. The third kappa shape index (κ3) is 2.85. The van der Waals surface area contributed by atoms with Gasteiger partial charge in [-0.2, -0.15) is 0 Å². The maximum absolute atomic E-state index is 2.57. The number of rotatable bonds is 1. The predicted molar refractivity (Wildman–Crippen MR) is 66.9 cm³/mol. The zero-order valence-electron chi connectivity index (χ0n) is 9.24. The average Bonchev–Trinajstić information content (AvgIpc) is 2.19. The van der Waals surface area contributed by atoms with Gasteiger partial charge >= 0.3 is 0 Å². The van der Waals surface area contributed by atoms with E-state index in [1.807, 2.05) is 0 Å². The summed E-state index contributed by atoms with van der Waals surface area (Å²) < 4.78 is 0. The molecule has 0 N–H and O–H groups in total. The molecule has 2 aliphatic rings. The molecule has 1 heterocycles. The average molecular weight is 208 g/mol. The van der Waals surface area contributed by atoms with Crippen molar-refractivity contribution in [1.82, 2.24) is 9.80 Å². The van der Waals surface area contributed by atoms with Crippen LogP contribution in [0.2, 0.25) is 0 Å². The normalized spacial score (nSPS) is 27.2. The van der Waals surface area contributed by atoms with Crippen molar-refractivity contribution >= 4 is 0 Å². The lowest BCUT2D eigenvalue weighted by Gasteiger charge is -2.41. The minimum Gasteiger partial charge on any atom is -0.370 e. The van der Waals surface area contributed by atoms with Crippen LogP contribution in [0.15, 0.2) is 23.9 Å². The topological polar surface area (TPSA) is 6.48 Å². The molecule has 1 aliphatic heterocycles. The van der Waals surface area contributed by atoms with Crippen LogP contribution in [-0.4, -0.2) is 42.5 Å². The first-order valence-corrected chi connectivity index (χ1v) is 5.58. The van der Waals surface area contributed by atoms with E-state index < -0.39 is 0 Å². The summed E-state index contributed by atoms with van der Waals surface area (Å²) in [5.74, 6) is 0. The molecule has 1 aliphatic carbocycles. The first-order chi connectivity index (χ1) is 6.77. The van der Waals surface area contributed by atoms with E-state index in [9.17, 15) is 0 Å². The number of piperazine rings is 1. The number of hydrogen-bond acceptors (Lipinski definition) is 2. The van der Waals surface area contributed by atoms with Crippen LogP contribution in [0.25, 0.3) is 0 Å². The van der Waals surface area contributed by atoms with Gasteiger partial charge in [-0.3, -0.25) is 0 Å². The molecular formula is C13H24N2. The molecule has 0 saturated carbocycles. The first-order valence-electron chi connectivity index (χ1n) is 5.58. The van der Waals surface area contributed by atoms with E-state index >= 15 is 0 Å². The maximum atomic E-state index is 2.57. The van der Waals surface area contributed by atoms with Crippen molar-refractivity contribution in [2.45, 2.75) is 33.2 Å². The van der Waals surface area contributed by atoms with Crippen molar-refractivity contribution in [3.05, 3.63) is 23.9 Å². The Morgan fingerprint density at radius 3 is 2.73 bits per heavy atom. The van der Waals surface area contributed by atoms with Crippen molar-refractivity contribution in [2.24, 2.45) is 0 Å². The second kappa shape index (κ2) is 5.36. The van der Waals surface area contributed by atoms with Crippen LogP contribution in [0.5, 0.6) is 0 Å². The monoisotopic (exact) mass is 208 g/mol. The minimum atomic E-state index is 0. The number of allylic oxidation sites excluding steroid dienone is 4. The van der Waals surface area contributed by atoms with Crippen LogP contribution in [0, 0.1) is 0 Å². The maximum Gasteiger partial charge on any atom is 0.0386 e. The molecule has 0 amide bonds. The molecular weight excluding hydrogens is 184 g/mol. The molecule has 0 spiro atoms. The van der Waals surface area contributed by atoms with E-state index in [-0.39, 0.29) is 7.43 Å². The Morgan fingerprint density at radius 2 is 2.13 bits per heavy atom. The molecule has 1 atom stereocenters. The van der Waals surface area contributed by atoms with Crippen LogP contribution in [0.3, 0.4) is 0 Å². The third-order valence-electron chi connectivity index (χ3n) is 3.19. The molecule has 1 fully saturated rings. The Morgan fingerprint density at radius 1 is 1.33 bits per heavy atom. The van der Waals surface area contributed by atoms with Crippen LogP contribution < -0.4 is 0 Å². The van der Waals surface area contributed by atoms with Gasteiger partial charge < -0.3 is 9.80 Å². The van der Waals surface area contributed by atoms with Gasteiger partial charge in [-0.1, -0.05) is 19.6 Å². The Labute approximate surface area is 94.3 Å².